The van der Waals surface area contributed by atoms with Gasteiger partial charge in [-0.2, -0.15) is 0 Å². The lowest BCUT2D eigenvalue weighted by molar-refractivity contribution is 0.170. The number of aliphatic hydroxyl groups excluding tert-OH is 2. The van der Waals surface area contributed by atoms with E-state index in [1.165, 1.54) is 5.56 Å². The van der Waals surface area contributed by atoms with Gasteiger partial charge in [0, 0.05) is 30.7 Å². The van der Waals surface area contributed by atoms with Crippen molar-refractivity contribution in [3.8, 4) is 5.75 Å². The van der Waals surface area contributed by atoms with Gasteiger partial charge in [-0.15, -0.1) is 0 Å². The average molecular weight is 538 g/mol. The number of aliphatic hydroxyl groups is 2. The van der Waals surface area contributed by atoms with Crippen molar-refractivity contribution in [1.29, 1.82) is 0 Å². The zero-order chi connectivity index (χ0) is 25.2. The number of hydrogen-bond donors (Lipinski definition) is 4. The molecule has 0 spiro atoms. The largest absolute Gasteiger partial charge is 0.492 e. The van der Waals surface area contributed by atoms with E-state index in [2.05, 4.69) is 17.6 Å². The molecule has 3 aromatic rings. The Kier molecular flexibility index (Phi) is 11.1. The maximum Gasteiger partial charge on any atom is 0.119 e. The van der Waals surface area contributed by atoms with Crippen LogP contribution in [0.25, 0.3) is 0 Å². The summed E-state index contributed by atoms with van der Waals surface area (Å²) in [4.78, 5) is 0. The predicted molar refractivity (Wildman–Crippen MR) is 144 cm³/mol. The topological polar surface area (TPSA) is 73.8 Å². The molecule has 0 saturated heterocycles. The molecule has 0 bridgehead atoms. The first-order valence-electron chi connectivity index (χ1n) is 11.5. The Morgan fingerprint density at radius 1 is 0.829 bits per heavy atom. The smallest absolute Gasteiger partial charge is 0.119 e. The molecule has 0 aliphatic rings. The standard InChI is InChI=1S/C27H31Cl3N2O3/c1-18(32-17-27(34)21-7-10-24(29)25(30)15-21)13-19-5-8-23(9-6-19)35-12-11-31-16-26(33)20-3-2-4-22(28)14-20/h2-10,14-15,18,26-27,31-34H,11-13,16-17H2,1H3/t18-,26+,27+/m1/s1. The summed E-state index contributed by atoms with van der Waals surface area (Å²) >= 11 is 17.9. The Balaban J connectivity index is 1.33. The Morgan fingerprint density at radius 2 is 1.54 bits per heavy atom. The Labute approximate surface area is 222 Å². The summed E-state index contributed by atoms with van der Waals surface area (Å²) in [5.74, 6) is 0.793. The van der Waals surface area contributed by atoms with Crippen LogP contribution in [0.2, 0.25) is 15.1 Å². The molecule has 0 aromatic heterocycles. The lowest BCUT2D eigenvalue weighted by Gasteiger charge is -2.18. The molecule has 188 valence electrons. The van der Waals surface area contributed by atoms with Crippen LogP contribution in [0.3, 0.4) is 0 Å². The van der Waals surface area contributed by atoms with Gasteiger partial charge in [-0.1, -0.05) is 65.1 Å². The summed E-state index contributed by atoms with van der Waals surface area (Å²) < 4.78 is 5.78. The fraction of sp³-hybridized carbons (Fsp3) is 0.333. The highest BCUT2D eigenvalue weighted by molar-refractivity contribution is 6.42. The molecule has 35 heavy (non-hydrogen) atoms. The number of hydrogen-bond acceptors (Lipinski definition) is 5. The van der Waals surface area contributed by atoms with Crippen LogP contribution in [0.5, 0.6) is 5.75 Å². The van der Waals surface area contributed by atoms with E-state index in [4.69, 9.17) is 39.5 Å². The van der Waals surface area contributed by atoms with Crippen molar-refractivity contribution >= 4 is 34.8 Å². The minimum Gasteiger partial charge on any atom is -0.492 e. The van der Waals surface area contributed by atoms with Gasteiger partial charge in [0.2, 0.25) is 0 Å². The zero-order valence-electron chi connectivity index (χ0n) is 19.6. The van der Waals surface area contributed by atoms with Gasteiger partial charge < -0.3 is 25.6 Å². The number of benzene rings is 3. The van der Waals surface area contributed by atoms with Gasteiger partial charge in [0.15, 0.2) is 0 Å². The highest BCUT2D eigenvalue weighted by Crippen LogP contribution is 2.25. The minimum atomic E-state index is -0.664. The molecule has 3 atom stereocenters. The molecular formula is C27H31Cl3N2O3. The molecule has 5 nitrogen and oxygen atoms in total. The first-order valence-corrected chi connectivity index (χ1v) is 12.7. The Hall–Kier alpha value is -1.83. The van der Waals surface area contributed by atoms with Crippen LogP contribution in [0, 0.1) is 0 Å². The molecule has 3 aromatic carbocycles. The van der Waals surface area contributed by atoms with Crippen molar-refractivity contribution in [1.82, 2.24) is 10.6 Å². The fourth-order valence-electron chi connectivity index (χ4n) is 3.61. The van der Waals surface area contributed by atoms with Gasteiger partial charge in [0.1, 0.15) is 12.4 Å². The molecule has 0 fully saturated rings. The molecular weight excluding hydrogens is 507 g/mol. The third-order valence-electron chi connectivity index (χ3n) is 5.57. The third kappa shape index (κ3) is 9.28. The van der Waals surface area contributed by atoms with Gasteiger partial charge in [0.25, 0.3) is 0 Å². The fourth-order valence-corrected chi connectivity index (χ4v) is 4.11. The SMILES string of the molecule is C[C@H](Cc1ccc(OCCNC[C@H](O)c2cccc(Cl)c2)cc1)NC[C@H](O)c1ccc(Cl)c(Cl)c1. The molecule has 0 radical (unpaired) electrons. The van der Waals surface area contributed by atoms with Crippen molar-refractivity contribution in [2.75, 3.05) is 26.2 Å². The average Bonchev–Trinajstić information content (AvgIpc) is 2.85. The highest BCUT2D eigenvalue weighted by atomic mass is 35.5. The number of halogens is 3. The summed E-state index contributed by atoms with van der Waals surface area (Å²) in [5.41, 5.74) is 2.69. The first-order chi connectivity index (χ1) is 16.8. The summed E-state index contributed by atoms with van der Waals surface area (Å²) in [5, 5.41) is 28.7. The van der Waals surface area contributed by atoms with Crippen molar-refractivity contribution in [3.63, 3.8) is 0 Å². The van der Waals surface area contributed by atoms with Gasteiger partial charge in [-0.25, -0.2) is 0 Å². The summed E-state index contributed by atoms with van der Waals surface area (Å²) in [6.45, 7) is 4.02. The van der Waals surface area contributed by atoms with E-state index in [-0.39, 0.29) is 6.04 Å². The van der Waals surface area contributed by atoms with E-state index in [9.17, 15) is 10.2 Å². The molecule has 0 heterocycles. The van der Waals surface area contributed by atoms with Crippen molar-refractivity contribution in [3.05, 3.63) is 98.5 Å². The van der Waals surface area contributed by atoms with Gasteiger partial charge in [-0.3, -0.25) is 0 Å². The summed E-state index contributed by atoms with van der Waals surface area (Å²) in [6.07, 6.45) is -0.464. The molecule has 0 unspecified atom stereocenters. The van der Waals surface area contributed by atoms with Crippen LogP contribution in [0.15, 0.2) is 66.7 Å². The van der Waals surface area contributed by atoms with E-state index in [0.717, 1.165) is 23.3 Å². The maximum absolute atomic E-state index is 10.4. The Morgan fingerprint density at radius 3 is 2.26 bits per heavy atom. The van der Waals surface area contributed by atoms with Crippen molar-refractivity contribution < 1.29 is 14.9 Å². The minimum absolute atomic E-state index is 0.175. The van der Waals surface area contributed by atoms with Crippen LogP contribution in [0.1, 0.15) is 35.8 Å². The molecule has 8 heteroatoms. The van der Waals surface area contributed by atoms with Crippen LogP contribution < -0.4 is 15.4 Å². The van der Waals surface area contributed by atoms with Gasteiger partial charge in [0.05, 0.1) is 22.3 Å². The molecule has 0 amide bonds. The highest BCUT2D eigenvalue weighted by Gasteiger charge is 2.12. The number of ether oxygens (including phenoxy) is 1. The van der Waals surface area contributed by atoms with Crippen molar-refractivity contribution in [2.45, 2.75) is 31.6 Å². The number of rotatable bonds is 13. The van der Waals surface area contributed by atoms with Crippen LogP contribution in [-0.2, 0) is 6.42 Å². The molecule has 0 aliphatic carbocycles. The van der Waals surface area contributed by atoms with E-state index >= 15 is 0 Å². The van der Waals surface area contributed by atoms with E-state index < -0.39 is 12.2 Å². The van der Waals surface area contributed by atoms with E-state index in [0.29, 0.717) is 41.3 Å². The quantitative estimate of drug-likeness (QED) is 0.214. The second kappa shape index (κ2) is 14.0. The first kappa shape index (κ1) is 27.8. The van der Waals surface area contributed by atoms with Gasteiger partial charge >= 0.3 is 0 Å². The molecule has 0 saturated carbocycles. The molecule has 0 aliphatic heterocycles. The van der Waals surface area contributed by atoms with Crippen LogP contribution in [-0.4, -0.2) is 42.5 Å². The normalized spacial score (nSPS) is 13.9. The molecule has 4 N–H and O–H groups in total. The second-order valence-electron chi connectivity index (χ2n) is 8.47. The maximum atomic E-state index is 10.4. The summed E-state index contributed by atoms with van der Waals surface area (Å²) in [7, 11) is 0. The molecule has 3 rings (SSSR count). The monoisotopic (exact) mass is 536 g/mol. The predicted octanol–water partition coefficient (Wildman–Crippen LogP) is 5.60. The van der Waals surface area contributed by atoms with Crippen molar-refractivity contribution in [2.24, 2.45) is 0 Å². The lowest BCUT2D eigenvalue weighted by atomic mass is 10.1. The number of nitrogens with one attached hydrogen (secondary N) is 2. The third-order valence-corrected chi connectivity index (χ3v) is 6.55. The summed E-state index contributed by atoms with van der Waals surface area (Å²) in [6, 6.07) is 20.5. The van der Waals surface area contributed by atoms with Gasteiger partial charge in [-0.05, 0) is 66.4 Å². The van der Waals surface area contributed by atoms with E-state index in [1.807, 2.05) is 36.4 Å². The second-order valence-corrected chi connectivity index (χ2v) is 9.72. The van der Waals surface area contributed by atoms with Crippen LogP contribution in [0.4, 0.5) is 0 Å². The van der Waals surface area contributed by atoms with E-state index in [1.54, 1.807) is 30.3 Å². The van der Waals surface area contributed by atoms with Crippen LogP contribution >= 0.6 is 34.8 Å². The zero-order valence-corrected chi connectivity index (χ0v) is 21.8. The lowest BCUT2D eigenvalue weighted by Crippen LogP contribution is -2.32. The Bertz CT molecular complexity index is 1070.